The number of hydrogen-bond donors (Lipinski definition) is 1. The van der Waals surface area contributed by atoms with Crippen LogP contribution < -0.4 is 0 Å². The monoisotopic (exact) mass is 405 g/mol. The first-order valence-electron chi connectivity index (χ1n) is 8.82. The van der Waals surface area contributed by atoms with Gasteiger partial charge in [-0.3, -0.25) is 0 Å². The molecule has 4 nitrogen and oxygen atoms in total. The molecule has 2 aromatic carbocycles. The molecule has 0 radical (unpaired) electrons. The summed E-state index contributed by atoms with van der Waals surface area (Å²) in [6.07, 6.45) is 1.95. The Morgan fingerprint density at radius 2 is 1.70 bits per heavy atom. The van der Waals surface area contributed by atoms with Gasteiger partial charge in [0.25, 0.3) is 0 Å². The Hall–Kier alpha value is -1.66. The van der Waals surface area contributed by atoms with Gasteiger partial charge in [-0.2, -0.15) is 4.31 Å². The summed E-state index contributed by atoms with van der Waals surface area (Å²) in [4.78, 5) is 0.273. The first-order chi connectivity index (χ1) is 12.6. The molecule has 3 rings (SSSR count). The average molecular weight is 406 g/mol. The molecule has 144 valence electrons. The molecule has 27 heavy (non-hydrogen) atoms. The van der Waals surface area contributed by atoms with Gasteiger partial charge in [-0.05, 0) is 56.2 Å². The molecule has 6 heteroatoms. The zero-order valence-electron chi connectivity index (χ0n) is 15.7. The van der Waals surface area contributed by atoms with Crippen molar-refractivity contribution in [2.75, 3.05) is 13.1 Å². The summed E-state index contributed by atoms with van der Waals surface area (Å²) < 4.78 is 27.6. The third-order valence-electron chi connectivity index (χ3n) is 4.93. The number of sulfonamides is 1. The van der Waals surface area contributed by atoms with Crippen LogP contribution in [0, 0.1) is 12.8 Å². The Kier molecular flexibility index (Phi) is 5.50. The molecular weight excluding hydrogens is 382 g/mol. The summed E-state index contributed by atoms with van der Waals surface area (Å²) >= 11 is 5.94. The maximum Gasteiger partial charge on any atom is 0.243 e. The topological polar surface area (TPSA) is 57.6 Å². The Morgan fingerprint density at radius 1 is 1.11 bits per heavy atom. The minimum Gasteiger partial charge on any atom is -0.390 e. The molecule has 1 N–H and O–H groups in total. The second-order valence-corrected chi connectivity index (χ2v) is 9.96. The lowest BCUT2D eigenvalue weighted by atomic mass is 9.86. The fourth-order valence-corrected chi connectivity index (χ4v) is 4.91. The third kappa shape index (κ3) is 4.43. The Bertz CT molecular complexity index is 942. The van der Waals surface area contributed by atoms with E-state index in [-0.39, 0.29) is 23.9 Å². The van der Waals surface area contributed by atoms with Gasteiger partial charge in [-0.25, -0.2) is 8.42 Å². The number of nitrogens with zero attached hydrogens (tertiary/aromatic N) is 1. The van der Waals surface area contributed by atoms with Crippen molar-refractivity contribution in [3.63, 3.8) is 0 Å². The molecule has 0 spiro atoms. The Morgan fingerprint density at radius 3 is 2.26 bits per heavy atom. The fourth-order valence-electron chi connectivity index (χ4n) is 3.34. The van der Waals surface area contributed by atoms with E-state index < -0.39 is 15.6 Å². The molecule has 0 aliphatic carbocycles. The van der Waals surface area contributed by atoms with Gasteiger partial charge >= 0.3 is 0 Å². The quantitative estimate of drug-likeness (QED) is 0.832. The van der Waals surface area contributed by atoms with Crippen LogP contribution in [0.1, 0.15) is 25.0 Å². The second kappa shape index (κ2) is 7.40. The summed E-state index contributed by atoms with van der Waals surface area (Å²) in [6.45, 7) is 5.86. The molecule has 0 saturated carbocycles. The molecular formula is C21H24ClNO3S. The third-order valence-corrected chi connectivity index (χ3v) is 7.00. The molecule has 1 aliphatic heterocycles. The van der Waals surface area contributed by atoms with Gasteiger partial charge in [0.2, 0.25) is 10.0 Å². The standard InChI is InChI=1S/C21H24ClNO3S/c1-15-4-10-19(11-5-15)27(25,26)23-13-17(20(14-23)21(2,3)24)12-16-6-8-18(22)9-7-16/h4-12,20,24H,13-14H2,1-3H3/b17-12+. The highest BCUT2D eigenvalue weighted by Gasteiger charge is 2.42. The summed E-state index contributed by atoms with van der Waals surface area (Å²) in [7, 11) is -3.62. The van der Waals surface area contributed by atoms with Gasteiger partial charge in [0.05, 0.1) is 10.5 Å². The first-order valence-corrected chi connectivity index (χ1v) is 10.6. The van der Waals surface area contributed by atoms with Crippen molar-refractivity contribution in [2.45, 2.75) is 31.3 Å². The van der Waals surface area contributed by atoms with Crippen LogP contribution in [0.2, 0.25) is 5.02 Å². The molecule has 2 aromatic rings. The van der Waals surface area contributed by atoms with Crippen molar-refractivity contribution in [3.05, 3.63) is 70.3 Å². The van der Waals surface area contributed by atoms with E-state index in [4.69, 9.17) is 11.6 Å². The maximum absolute atomic E-state index is 13.1. The zero-order chi connectivity index (χ0) is 19.8. The number of rotatable bonds is 4. The molecule has 0 aromatic heterocycles. The number of aryl methyl sites for hydroxylation is 1. The average Bonchev–Trinajstić information content (AvgIpc) is 3.02. The summed E-state index contributed by atoms with van der Waals surface area (Å²) in [5.74, 6) is -0.284. The predicted molar refractivity (Wildman–Crippen MR) is 109 cm³/mol. The normalized spacial score (nSPS) is 20.3. The molecule has 0 bridgehead atoms. The van der Waals surface area contributed by atoms with Crippen LogP contribution in [-0.2, 0) is 10.0 Å². The van der Waals surface area contributed by atoms with Crippen molar-refractivity contribution in [2.24, 2.45) is 5.92 Å². The summed E-state index contributed by atoms with van der Waals surface area (Å²) in [6, 6.07) is 14.2. The van der Waals surface area contributed by atoms with Crippen molar-refractivity contribution in [1.82, 2.24) is 4.31 Å². The minimum atomic E-state index is -3.62. The van der Waals surface area contributed by atoms with Crippen molar-refractivity contribution in [3.8, 4) is 0 Å². The van der Waals surface area contributed by atoms with Crippen LogP contribution in [0.5, 0.6) is 0 Å². The largest absolute Gasteiger partial charge is 0.390 e. The fraction of sp³-hybridized carbons (Fsp3) is 0.333. The highest BCUT2D eigenvalue weighted by Crippen LogP contribution is 2.36. The van der Waals surface area contributed by atoms with Gasteiger partial charge in [-0.15, -0.1) is 0 Å². The van der Waals surface area contributed by atoms with Crippen molar-refractivity contribution in [1.29, 1.82) is 0 Å². The molecule has 1 heterocycles. The highest BCUT2D eigenvalue weighted by molar-refractivity contribution is 7.89. The lowest BCUT2D eigenvalue weighted by Crippen LogP contribution is -2.35. The molecule has 1 fully saturated rings. The lowest BCUT2D eigenvalue weighted by molar-refractivity contribution is 0.0370. The molecule has 0 amide bonds. The van der Waals surface area contributed by atoms with Crippen LogP contribution in [0.25, 0.3) is 6.08 Å². The number of benzene rings is 2. The van der Waals surface area contributed by atoms with Crippen LogP contribution in [0.3, 0.4) is 0 Å². The van der Waals surface area contributed by atoms with E-state index >= 15 is 0 Å². The van der Waals surface area contributed by atoms with E-state index in [2.05, 4.69) is 0 Å². The Balaban J connectivity index is 1.96. The maximum atomic E-state index is 13.1. The number of halogens is 1. The van der Waals surface area contributed by atoms with E-state index in [0.717, 1.165) is 16.7 Å². The lowest BCUT2D eigenvalue weighted by Gasteiger charge is -2.26. The van der Waals surface area contributed by atoms with E-state index in [0.29, 0.717) is 5.02 Å². The van der Waals surface area contributed by atoms with Gasteiger partial charge < -0.3 is 5.11 Å². The van der Waals surface area contributed by atoms with Crippen molar-refractivity contribution < 1.29 is 13.5 Å². The highest BCUT2D eigenvalue weighted by atomic mass is 35.5. The molecule has 1 saturated heterocycles. The summed E-state index contributed by atoms with van der Waals surface area (Å²) in [5.41, 5.74) is 1.79. The van der Waals surface area contributed by atoms with Gasteiger partial charge in [0.1, 0.15) is 0 Å². The first kappa shape index (κ1) is 20.1. The van der Waals surface area contributed by atoms with Gasteiger partial charge in [0, 0.05) is 24.0 Å². The van der Waals surface area contributed by atoms with Crippen LogP contribution in [0.15, 0.2) is 59.0 Å². The SMILES string of the molecule is Cc1ccc(S(=O)(=O)N2C/C(=C\c3ccc(Cl)cc3)C(C(C)(C)O)C2)cc1. The van der Waals surface area contributed by atoms with Crippen LogP contribution >= 0.6 is 11.6 Å². The number of hydrogen-bond acceptors (Lipinski definition) is 3. The van der Waals surface area contributed by atoms with Gasteiger partial charge in [0.15, 0.2) is 0 Å². The van der Waals surface area contributed by atoms with Gasteiger partial charge in [-0.1, -0.05) is 47.5 Å². The Labute approximate surface area is 166 Å². The number of aliphatic hydroxyl groups is 1. The minimum absolute atomic E-state index is 0.249. The summed E-state index contributed by atoms with van der Waals surface area (Å²) in [5, 5.41) is 11.3. The van der Waals surface area contributed by atoms with E-state index in [1.54, 1.807) is 50.2 Å². The predicted octanol–water partition coefficient (Wildman–Crippen LogP) is 4.12. The van der Waals surface area contributed by atoms with E-state index in [1.165, 1.54) is 4.31 Å². The zero-order valence-corrected chi connectivity index (χ0v) is 17.3. The van der Waals surface area contributed by atoms with E-state index in [9.17, 15) is 13.5 Å². The molecule has 1 unspecified atom stereocenters. The van der Waals surface area contributed by atoms with Crippen molar-refractivity contribution >= 4 is 27.7 Å². The second-order valence-electron chi connectivity index (χ2n) is 7.59. The molecule has 1 atom stereocenters. The van der Waals surface area contributed by atoms with E-state index in [1.807, 2.05) is 25.1 Å². The molecule has 1 aliphatic rings. The smallest absolute Gasteiger partial charge is 0.243 e. The van der Waals surface area contributed by atoms with Crippen LogP contribution in [-0.4, -0.2) is 36.5 Å². The van der Waals surface area contributed by atoms with Crippen LogP contribution in [0.4, 0.5) is 0 Å².